The minimum absolute atomic E-state index is 0.694. The number of unbranched alkanes of at least 4 members (excludes halogenated alkanes) is 1. The van der Waals surface area contributed by atoms with Crippen molar-refractivity contribution in [2.24, 2.45) is 0 Å². The van der Waals surface area contributed by atoms with E-state index in [4.69, 9.17) is 0 Å². The molecule has 0 aromatic carbocycles. The summed E-state index contributed by atoms with van der Waals surface area (Å²) in [5.41, 5.74) is 0. The molecule has 1 N–H and O–H groups in total. The van der Waals surface area contributed by atoms with Gasteiger partial charge in [0.05, 0.1) is 0 Å². The van der Waals surface area contributed by atoms with E-state index in [1.165, 1.54) is 37.0 Å². The van der Waals surface area contributed by atoms with Gasteiger partial charge in [0.2, 0.25) is 0 Å². The third kappa shape index (κ3) is 6.64. The molecule has 0 saturated heterocycles. The molecule has 0 bridgehead atoms. The van der Waals surface area contributed by atoms with Crippen LogP contribution in [0.25, 0.3) is 0 Å². The van der Waals surface area contributed by atoms with Crippen LogP contribution < -0.4 is 5.32 Å². The first-order valence-corrected chi connectivity index (χ1v) is 7.61. The number of hydrogen-bond donors (Lipinski definition) is 1. The number of nitrogens with one attached hydrogen (secondary N) is 1. The fraction of sp³-hybridized carbons (Fsp3) is 0.600. The van der Waals surface area contributed by atoms with E-state index in [0.29, 0.717) is 6.04 Å². The Kier molecular flexibility index (Phi) is 8.02. The van der Waals surface area contributed by atoms with Gasteiger partial charge in [-0.3, -0.25) is 0 Å². The monoisotopic (exact) mass is 251 g/mol. The molecule has 0 aliphatic carbocycles. The fourth-order valence-corrected chi connectivity index (χ4v) is 2.87. The van der Waals surface area contributed by atoms with E-state index in [9.17, 15) is 0 Å². The van der Waals surface area contributed by atoms with Crippen molar-refractivity contribution in [1.82, 2.24) is 5.32 Å². The second-order valence-electron chi connectivity index (χ2n) is 4.45. The Morgan fingerprint density at radius 3 is 2.88 bits per heavy atom. The van der Waals surface area contributed by atoms with E-state index in [0.717, 1.165) is 13.0 Å². The van der Waals surface area contributed by atoms with Gasteiger partial charge in [0, 0.05) is 10.9 Å². The Balaban J connectivity index is 2.16. The van der Waals surface area contributed by atoms with Crippen molar-refractivity contribution in [1.29, 1.82) is 0 Å². The highest BCUT2D eigenvalue weighted by atomic mass is 32.1. The van der Waals surface area contributed by atoms with Gasteiger partial charge in [-0.05, 0) is 56.5 Å². The zero-order valence-corrected chi connectivity index (χ0v) is 11.8. The number of rotatable bonds is 10. The summed E-state index contributed by atoms with van der Waals surface area (Å²) in [5.74, 6) is 0. The molecule has 2 heteroatoms. The highest BCUT2D eigenvalue weighted by Gasteiger charge is 2.06. The first-order chi connectivity index (χ1) is 8.36. The van der Waals surface area contributed by atoms with Gasteiger partial charge in [-0.1, -0.05) is 19.1 Å². The molecular weight excluding hydrogens is 226 g/mol. The van der Waals surface area contributed by atoms with Crippen molar-refractivity contribution in [3.8, 4) is 0 Å². The molecule has 96 valence electrons. The quantitative estimate of drug-likeness (QED) is 0.480. The molecule has 0 aliphatic rings. The molecule has 0 fully saturated rings. The van der Waals surface area contributed by atoms with Crippen molar-refractivity contribution in [3.63, 3.8) is 0 Å². The van der Waals surface area contributed by atoms with Gasteiger partial charge >= 0.3 is 0 Å². The summed E-state index contributed by atoms with van der Waals surface area (Å²) in [5, 5.41) is 5.76. The van der Waals surface area contributed by atoms with Crippen molar-refractivity contribution >= 4 is 11.3 Å². The van der Waals surface area contributed by atoms with Gasteiger partial charge < -0.3 is 5.32 Å². The molecule has 0 saturated carbocycles. The molecule has 0 amide bonds. The minimum atomic E-state index is 0.694. The Hall–Kier alpha value is -0.600. The van der Waals surface area contributed by atoms with Crippen LogP contribution in [0, 0.1) is 0 Å². The van der Waals surface area contributed by atoms with Gasteiger partial charge in [-0.2, -0.15) is 0 Å². The molecule has 1 aromatic rings. The maximum absolute atomic E-state index is 3.78. The predicted molar refractivity (Wildman–Crippen MR) is 78.8 cm³/mol. The molecule has 0 radical (unpaired) electrons. The van der Waals surface area contributed by atoms with Gasteiger partial charge in [-0.15, -0.1) is 17.9 Å². The maximum atomic E-state index is 3.78. The summed E-state index contributed by atoms with van der Waals surface area (Å²) in [6.07, 6.45) is 9.54. The highest BCUT2D eigenvalue weighted by Crippen LogP contribution is 2.14. The summed E-state index contributed by atoms with van der Waals surface area (Å²) < 4.78 is 0. The Morgan fingerprint density at radius 2 is 2.24 bits per heavy atom. The van der Waals surface area contributed by atoms with Crippen LogP contribution in [0.4, 0.5) is 0 Å². The summed E-state index contributed by atoms with van der Waals surface area (Å²) in [6.45, 7) is 7.06. The van der Waals surface area contributed by atoms with Crippen molar-refractivity contribution < 1.29 is 0 Å². The lowest BCUT2D eigenvalue weighted by atomic mass is 10.0. The lowest BCUT2D eigenvalue weighted by Gasteiger charge is -2.17. The SMILES string of the molecule is C=CCCCC(CCCc1cccs1)NCC. The van der Waals surface area contributed by atoms with E-state index in [1.807, 2.05) is 17.4 Å². The zero-order valence-electron chi connectivity index (χ0n) is 11.0. The van der Waals surface area contributed by atoms with Gasteiger partial charge in [0.15, 0.2) is 0 Å². The third-order valence-electron chi connectivity index (χ3n) is 3.01. The van der Waals surface area contributed by atoms with Crippen molar-refractivity contribution in [2.45, 2.75) is 51.5 Å². The molecule has 1 heterocycles. The summed E-state index contributed by atoms with van der Waals surface area (Å²) >= 11 is 1.88. The normalized spacial score (nSPS) is 12.5. The molecular formula is C15H25NS. The standard InChI is InChI=1S/C15H25NS/c1-3-5-6-9-14(16-4-2)10-7-11-15-12-8-13-17-15/h3,8,12-14,16H,1,4-7,9-11H2,2H3. The first-order valence-electron chi connectivity index (χ1n) is 6.73. The predicted octanol–water partition coefficient (Wildman–Crippen LogP) is 4.41. The number of allylic oxidation sites excluding steroid dienone is 1. The summed E-state index contributed by atoms with van der Waals surface area (Å²) in [4.78, 5) is 1.52. The largest absolute Gasteiger partial charge is 0.314 e. The van der Waals surface area contributed by atoms with Gasteiger partial charge in [-0.25, -0.2) is 0 Å². The van der Waals surface area contributed by atoms with E-state index < -0.39 is 0 Å². The molecule has 0 aliphatic heterocycles. The van der Waals surface area contributed by atoms with Gasteiger partial charge in [0.1, 0.15) is 0 Å². The van der Waals surface area contributed by atoms with Crippen LogP contribution in [-0.2, 0) is 6.42 Å². The molecule has 1 atom stereocenters. The Labute approximate surface area is 110 Å². The minimum Gasteiger partial charge on any atom is -0.314 e. The number of aryl methyl sites for hydroxylation is 1. The van der Waals surface area contributed by atoms with Crippen LogP contribution in [-0.4, -0.2) is 12.6 Å². The summed E-state index contributed by atoms with van der Waals surface area (Å²) in [7, 11) is 0. The second kappa shape index (κ2) is 9.43. The fourth-order valence-electron chi connectivity index (χ4n) is 2.12. The highest BCUT2D eigenvalue weighted by molar-refractivity contribution is 7.09. The van der Waals surface area contributed by atoms with E-state index in [2.05, 4.69) is 36.3 Å². The molecule has 1 nitrogen and oxygen atoms in total. The van der Waals surface area contributed by atoms with Crippen LogP contribution in [0.15, 0.2) is 30.2 Å². The number of hydrogen-bond acceptors (Lipinski definition) is 2. The van der Waals surface area contributed by atoms with E-state index in [-0.39, 0.29) is 0 Å². The van der Waals surface area contributed by atoms with Gasteiger partial charge in [0.25, 0.3) is 0 Å². The average molecular weight is 251 g/mol. The Bertz CT molecular complexity index is 279. The zero-order chi connectivity index (χ0) is 12.3. The molecule has 17 heavy (non-hydrogen) atoms. The van der Waals surface area contributed by atoms with E-state index >= 15 is 0 Å². The average Bonchev–Trinajstić information content (AvgIpc) is 2.82. The summed E-state index contributed by atoms with van der Waals surface area (Å²) in [6, 6.07) is 5.08. The molecule has 1 rings (SSSR count). The maximum Gasteiger partial charge on any atom is 0.00671 e. The van der Waals surface area contributed by atoms with Crippen LogP contribution in [0.5, 0.6) is 0 Å². The van der Waals surface area contributed by atoms with Crippen LogP contribution >= 0.6 is 11.3 Å². The topological polar surface area (TPSA) is 12.0 Å². The molecule has 1 aromatic heterocycles. The lowest BCUT2D eigenvalue weighted by molar-refractivity contribution is 0.442. The van der Waals surface area contributed by atoms with Crippen LogP contribution in [0.1, 0.15) is 43.9 Å². The van der Waals surface area contributed by atoms with Crippen LogP contribution in [0.2, 0.25) is 0 Å². The Morgan fingerprint density at radius 1 is 1.41 bits per heavy atom. The van der Waals surface area contributed by atoms with Crippen molar-refractivity contribution in [3.05, 3.63) is 35.0 Å². The van der Waals surface area contributed by atoms with Crippen LogP contribution in [0.3, 0.4) is 0 Å². The molecule has 0 spiro atoms. The molecule has 1 unspecified atom stereocenters. The third-order valence-corrected chi connectivity index (χ3v) is 3.95. The smallest absolute Gasteiger partial charge is 0.00671 e. The van der Waals surface area contributed by atoms with E-state index in [1.54, 1.807) is 0 Å². The second-order valence-corrected chi connectivity index (χ2v) is 5.48. The lowest BCUT2D eigenvalue weighted by Crippen LogP contribution is -2.28. The number of thiophene rings is 1. The first kappa shape index (κ1) is 14.5. The van der Waals surface area contributed by atoms with Crippen molar-refractivity contribution in [2.75, 3.05) is 6.54 Å².